The summed E-state index contributed by atoms with van der Waals surface area (Å²) in [6.45, 7) is 9.27. The van der Waals surface area contributed by atoms with E-state index in [0.29, 0.717) is 0 Å². The molecule has 0 heterocycles. The zero-order valence-corrected chi connectivity index (χ0v) is 45.1. The molecule has 2 nitrogen and oxygen atoms in total. The highest BCUT2D eigenvalue weighted by Crippen LogP contribution is 2.61. The summed E-state index contributed by atoms with van der Waals surface area (Å²) >= 11 is 0. The Morgan fingerprint density at radius 2 is 0.613 bits per heavy atom. The first-order valence-electron chi connectivity index (χ1n) is 27.5. The Bertz CT molecular complexity index is 4090. The summed E-state index contributed by atoms with van der Waals surface area (Å²) < 4.78 is 32.0. The molecule has 80 heavy (non-hydrogen) atoms. The number of para-hydroxylation sites is 4. The van der Waals surface area contributed by atoms with Crippen molar-refractivity contribution < 1.29 is 8.78 Å². The lowest BCUT2D eigenvalue weighted by molar-refractivity contribution is 0.628. The van der Waals surface area contributed by atoms with Crippen LogP contribution >= 0.6 is 0 Å². The molecule has 4 heteroatoms. The Morgan fingerprint density at radius 3 is 1.00 bits per heavy atom. The standard InChI is InChI=1S/C76H56F2N2/c1-75(2)65-45-57(79(55-31-13-7-14-32-55)69-37-19-17-35-59(69)49-23-9-5-10-24-49)39-41-61(65)73-67(75)47-63-64(71(73)51-27-21-29-53(77)43-51)48-68-74(72(63)52-28-22-30-54(78)44-52)62-42-40-58(46-66(62)76(68,3)4)80(56-33-15-8-16-34-56)70-38-20-18-36-60(70)50-25-11-6-12-26-50/h5-48H,1-4H3. The van der Waals surface area contributed by atoms with Crippen LogP contribution in [0, 0.1) is 11.6 Å². The van der Waals surface area contributed by atoms with E-state index in [-0.39, 0.29) is 11.6 Å². The predicted molar refractivity (Wildman–Crippen MR) is 330 cm³/mol. The van der Waals surface area contributed by atoms with Crippen molar-refractivity contribution in [2.24, 2.45) is 0 Å². The van der Waals surface area contributed by atoms with Gasteiger partial charge in [-0.05, 0) is 186 Å². The molecule has 2 aliphatic rings. The lowest BCUT2D eigenvalue weighted by Gasteiger charge is -2.30. The molecule has 384 valence electrons. The monoisotopic (exact) mass is 1030 g/mol. The third kappa shape index (κ3) is 7.88. The molecule has 0 saturated carbocycles. The van der Waals surface area contributed by atoms with Crippen molar-refractivity contribution in [2.45, 2.75) is 38.5 Å². The summed E-state index contributed by atoms with van der Waals surface area (Å²) in [5, 5.41) is 1.98. The topological polar surface area (TPSA) is 6.48 Å². The number of hydrogen-bond donors (Lipinski definition) is 0. The van der Waals surface area contributed by atoms with Crippen LogP contribution in [-0.2, 0) is 10.8 Å². The van der Waals surface area contributed by atoms with Gasteiger partial charge in [-0.2, -0.15) is 0 Å². The molecule has 0 amide bonds. The van der Waals surface area contributed by atoms with Crippen molar-refractivity contribution in [2.75, 3.05) is 9.80 Å². The lowest BCUT2D eigenvalue weighted by Crippen LogP contribution is -2.17. The molecule has 0 atom stereocenters. The first-order valence-corrected chi connectivity index (χ1v) is 27.5. The predicted octanol–water partition coefficient (Wildman–Crippen LogP) is 21.3. The second kappa shape index (κ2) is 19.1. The molecule has 12 aromatic rings. The number of benzene rings is 12. The number of hydrogen-bond acceptors (Lipinski definition) is 2. The second-order valence-corrected chi connectivity index (χ2v) is 22.3. The largest absolute Gasteiger partial charge is 0.310 e. The summed E-state index contributed by atoms with van der Waals surface area (Å²) in [5.74, 6) is -0.611. The van der Waals surface area contributed by atoms with E-state index in [1.54, 1.807) is 12.1 Å². The molecule has 0 unspecified atom stereocenters. The highest BCUT2D eigenvalue weighted by molar-refractivity contribution is 6.17. The highest BCUT2D eigenvalue weighted by Gasteiger charge is 2.43. The van der Waals surface area contributed by atoms with Crippen molar-refractivity contribution >= 4 is 44.9 Å². The number of anilines is 6. The third-order valence-corrected chi connectivity index (χ3v) is 16.9. The van der Waals surface area contributed by atoms with Gasteiger partial charge >= 0.3 is 0 Å². The number of fused-ring (bicyclic) bond motifs is 7. The van der Waals surface area contributed by atoms with Crippen molar-refractivity contribution in [1.82, 2.24) is 0 Å². The lowest BCUT2D eigenvalue weighted by atomic mass is 9.76. The summed E-state index contributed by atoms with van der Waals surface area (Å²) in [5.41, 5.74) is 22.3. The molecule has 0 saturated heterocycles. The van der Waals surface area contributed by atoms with Crippen LogP contribution in [0.5, 0.6) is 0 Å². The van der Waals surface area contributed by atoms with Gasteiger partial charge in [-0.15, -0.1) is 0 Å². The Kier molecular flexibility index (Phi) is 11.6. The Morgan fingerprint density at radius 1 is 0.263 bits per heavy atom. The van der Waals surface area contributed by atoms with Gasteiger partial charge in [0.25, 0.3) is 0 Å². The number of rotatable bonds is 10. The average molecular weight is 1040 g/mol. The number of halogens is 2. The van der Waals surface area contributed by atoms with Gasteiger partial charge in [0.1, 0.15) is 11.6 Å². The van der Waals surface area contributed by atoms with Gasteiger partial charge in [-0.1, -0.05) is 198 Å². The van der Waals surface area contributed by atoms with Gasteiger partial charge in [0, 0.05) is 44.7 Å². The van der Waals surface area contributed by atoms with Crippen LogP contribution in [0.1, 0.15) is 49.9 Å². The summed E-state index contributed by atoms with van der Waals surface area (Å²) in [7, 11) is 0. The van der Waals surface area contributed by atoms with Gasteiger partial charge in [-0.3, -0.25) is 0 Å². The molecule has 0 spiro atoms. The highest BCUT2D eigenvalue weighted by atomic mass is 19.1. The van der Waals surface area contributed by atoms with E-state index in [1.807, 2.05) is 24.3 Å². The van der Waals surface area contributed by atoms with Crippen molar-refractivity contribution in [3.8, 4) is 66.8 Å². The first-order chi connectivity index (χ1) is 39.0. The zero-order valence-electron chi connectivity index (χ0n) is 45.1. The molecule has 0 N–H and O–H groups in total. The van der Waals surface area contributed by atoms with Gasteiger partial charge < -0.3 is 9.80 Å². The van der Waals surface area contributed by atoms with Crippen molar-refractivity contribution in [3.63, 3.8) is 0 Å². The molecular formula is C76H56F2N2. The minimum absolute atomic E-state index is 0.305. The summed E-state index contributed by atoms with van der Waals surface area (Å²) in [6.07, 6.45) is 0. The zero-order chi connectivity index (χ0) is 54.3. The summed E-state index contributed by atoms with van der Waals surface area (Å²) in [4.78, 5) is 4.73. The van der Waals surface area contributed by atoms with Crippen LogP contribution < -0.4 is 9.80 Å². The van der Waals surface area contributed by atoms with E-state index in [0.717, 1.165) is 123 Å². The molecule has 0 fully saturated rings. The van der Waals surface area contributed by atoms with E-state index in [1.165, 1.54) is 23.3 Å². The maximum absolute atomic E-state index is 16.0. The van der Waals surface area contributed by atoms with Crippen LogP contribution in [0.15, 0.2) is 267 Å². The van der Waals surface area contributed by atoms with Crippen LogP contribution in [0.25, 0.3) is 77.5 Å². The van der Waals surface area contributed by atoms with Gasteiger partial charge in [0.05, 0.1) is 11.4 Å². The smallest absolute Gasteiger partial charge is 0.123 e. The molecule has 0 radical (unpaired) electrons. The van der Waals surface area contributed by atoms with E-state index < -0.39 is 10.8 Å². The van der Waals surface area contributed by atoms with E-state index >= 15 is 8.78 Å². The Balaban J connectivity index is 1.01. The minimum atomic E-state index is -0.528. The van der Waals surface area contributed by atoms with Crippen LogP contribution in [0.2, 0.25) is 0 Å². The van der Waals surface area contributed by atoms with Crippen LogP contribution in [0.4, 0.5) is 42.9 Å². The minimum Gasteiger partial charge on any atom is -0.310 e. The third-order valence-electron chi connectivity index (χ3n) is 16.9. The molecule has 0 bridgehead atoms. The second-order valence-electron chi connectivity index (χ2n) is 22.3. The molecule has 0 aliphatic heterocycles. The fourth-order valence-electron chi connectivity index (χ4n) is 13.1. The quantitative estimate of drug-likeness (QED) is 0.135. The maximum Gasteiger partial charge on any atom is 0.123 e. The van der Waals surface area contributed by atoms with E-state index in [4.69, 9.17) is 0 Å². The Hall–Kier alpha value is -9.64. The number of nitrogens with zero attached hydrogens (tertiary/aromatic N) is 2. The van der Waals surface area contributed by atoms with Crippen LogP contribution in [0.3, 0.4) is 0 Å². The molecule has 0 aromatic heterocycles. The average Bonchev–Trinajstić information content (AvgIpc) is 4.10. The van der Waals surface area contributed by atoms with Gasteiger partial charge in [0.15, 0.2) is 0 Å². The Labute approximate surface area is 467 Å². The maximum atomic E-state index is 16.0. The SMILES string of the molecule is CC1(C)c2cc(N(c3ccccc3)c3ccccc3-c3ccccc3)ccc2-c2c1cc1c(-c3cccc(F)c3)c3c(cc1c2-c1cccc(F)c1)C(C)(C)c1cc(N(c2ccccc2)c2ccccc2-c2ccccc2)ccc1-3. The summed E-state index contributed by atoms with van der Waals surface area (Å²) in [6, 6.07) is 92.2. The van der Waals surface area contributed by atoms with Gasteiger partial charge in [0.2, 0.25) is 0 Å². The van der Waals surface area contributed by atoms with Gasteiger partial charge in [-0.25, -0.2) is 8.78 Å². The molecule has 14 rings (SSSR count). The molecule has 12 aromatic carbocycles. The van der Waals surface area contributed by atoms with Crippen molar-refractivity contribution in [3.05, 3.63) is 301 Å². The van der Waals surface area contributed by atoms with E-state index in [9.17, 15) is 0 Å². The van der Waals surface area contributed by atoms with E-state index in [2.05, 4.69) is 256 Å². The fourth-order valence-corrected chi connectivity index (χ4v) is 13.1. The molecular weight excluding hydrogens is 979 g/mol. The van der Waals surface area contributed by atoms with Crippen molar-refractivity contribution in [1.29, 1.82) is 0 Å². The fraction of sp³-hybridized carbons (Fsp3) is 0.0789. The normalized spacial score (nSPS) is 13.3. The van der Waals surface area contributed by atoms with Crippen LogP contribution in [-0.4, -0.2) is 0 Å². The molecule has 2 aliphatic carbocycles. The first kappa shape index (κ1) is 48.7.